The van der Waals surface area contributed by atoms with Crippen LogP contribution in [0.2, 0.25) is 0 Å². The van der Waals surface area contributed by atoms with Crippen molar-refractivity contribution in [1.82, 2.24) is 0 Å². The van der Waals surface area contributed by atoms with E-state index in [0.29, 0.717) is 26.1 Å². The van der Waals surface area contributed by atoms with E-state index >= 15 is 0 Å². The second-order valence-corrected chi connectivity index (χ2v) is 6.70. The van der Waals surface area contributed by atoms with E-state index in [1.165, 1.54) is 5.56 Å². The van der Waals surface area contributed by atoms with Crippen molar-refractivity contribution in [2.45, 2.75) is 32.1 Å². The van der Waals surface area contributed by atoms with Gasteiger partial charge in [0.1, 0.15) is 5.75 Å². The number of hydrogen-bond acceptors (Lipinski definition) is 3. The summed E-state index contributed by atoms with van der Waals surface area (Å²) < 4.78 is 10.8. The van der Waals surface area contributed by atoms with Gasteiger partial charge >= 0.3 is 0 Å². The van der Waals surface area contributed by atoms with Crippen LogP contribution in [0.25, 0.3) is 0 Å². The van der Waals surface area contributed by atoms with Crippen molar-refractivity contribution >= 4 is 11.6 Å². The maximum absolute atomic E-state index is 13.2. The highest BCUT2D eigenvalue weighted by atomic mass is 16.5. The van der Waals surface area contributed by atoms with Crippen molar-refractivity contribution in [2.75, 3.05) is 25.6 Å². The molecule has 2 aromatic carbocycles. The molecule has 1 aliphatic heterocycles. The summed E-state index contributed by atoms with van der Waals surface area (Å²) in [6.45, 7) is 5.23. The summed E-state index contributed by atoms with van der Waals surface area (Å²) in [5.41, 5.74) is 3.50. The number of benzene rings is 2. The number of carbonyl (C=O) groups excluding carboxylic acids is 1. The number of rotatable bonds is 4. The van der Waals surface area contributed by atoms with Gasteiger partial charge in [0, 0.05) is 18.9 Å². The molecule has 0 radical (unpaired) electrons. The zero-order valence-electron chi connectivity index (χ0n) is 15.1. The highest BCUT2D eigenvalue weighted by molar-refractivity contribution is 5.99. The van der Waals surface area contributed by atoms with Gasteiger partial charge in [-0.25, -0.2) is 0 Å². The number of carbonyl (C=O) groups is 1. The van der Waals surface area contributed by atoms with E-state index in [1.54, 1.807) is 7.11 Å². The number of methoxy groups -OCH3 is 1. The lowest BCUT2D eigenvalue weighted by Gasteiger charge is -2.36. The molecule has 1 amide bonds. The van der Waals surface area contributed by atoms with Gasteiger partial charge < -0.3 is 14.8 Å². The summed E-state index contributed by atoms with van der Waals surface area (Å²) in [7, 11) is 1.65. The molecule has 1 heterocycles. The first-order chi connectivity index (χ1) is 12.0. The van der Waals surface area contributed by atoms with E-state index in [1.807, 2.05) is 25.1 Å². The predicted octanol–water partition coefficient (Wildman–Crippen LogP) is 4.00. The fraction of sp³-hybridized carbons (Fsp3) is 0.381. The van der Waals surface area contributed by atoms with Gasteiger partial charge in [0.25, 0.3) is 0 Å². The van der Waals surface area contributed by atoms with Crippen LogP contribution in [0.15, 0.2) is 42.5 Å². The molecular weight excluding hydrogens is 314 g/mol. The second-order valence-electron chi connectivity index (χ2n) is 6.70. The zero-order valence-corrected chi connectivity index (χ0v) is 15.1. The lowest BCUT2D eigenvalue weighted by atomic mass is 9.73. The minimum Gasteiger partial charge on any atom is -0.496 e. The van der Waals surface area contributed by atoms with Crippen molar-refractivity contribution in [3.8, 4) is 5.75 Å². The molecule has 1 fully saturated rings. The third-order valence-electron chi connectivity index (χ3n) is 5.04. The van der Waals surface area contributed by atoms with Crippen LogP contribution < -0.4 is 10.1 Å². The van der Waals surface area contributed by atoms with Crippen molar-refractivity contribution in [1.29, 1.82) is 0 Å². The van der Waals surface area contributed by atoms with Crippen LogP contribution in [0.4, 0.5) is 5.69 Å². The molecule has 132 valence electrons. The quantitative estimate of drug-likeness (QED) is 0.916. The van der Waals surface area contributed by atoms with E-state index in [2.05, 4.69) is 36.5 Å². The minimum atomic E-state index is -0.542. The number of hydrogen-bond donors (Lipinski definition) is 1. The Hall–Kier alpha value is -2.33. The Morgan fingerprint density at radius 2 is 1.76 bits per heavy atom. The van der Waals surface area contributed by atoms with Gasteiger partial charge in [0.05, 0.1) is 12.5 Å². The molecule has 1 aliphatic rings. The summed E-state index contributed by atoms with van der Waals surface area (Å²) >= 11 is 0. The van der Waals surface area contributed by atoms with Gasteiger partial charge in [-0.15, -0.1) is 0 Å². The molecule has 0 spiro atoms. The van der Waals surface area contributed by atoms with E-state index in [9.17, 15) is 4.79 Å². The SMILES string of the molecule is COc1ccc(NC(=O)C2(c3ccc(C)cc3)CCOCC2)cc1C. The summed E-state index contributed by atoms with van der Waals surface area (Å²) in [6.07, 6.45) is 1.38. The van der Waals surface area contributed by atoms with Crippen LogP contribution in [0.1, 0.15) is 29.5 Å². The Morgan fingerprint density at radius 1 is 1.08 bits per heavy atom. The summed E-state index contributed by atoms with van der Waals surface area (Å²) in [5.74, 6) is 0.849. The Balaban J connectivity index is 1.89. The fourth-order valence-corrected chi connectivity index (χ4v) is 3.45. The molecule has 1 saturated heterocycles. The molecule has 4 heteroatoms. The molecule has 0 unspecified atom stereocenters. The van der Waals surface area contributed by atoms with Gasteiger partial charge in [-0.2, -0.15) is 0 Å². The van der Waals surface area contributed by atoms with E-state index in [4.69, 9.17) is 9.47 Å². The number of nitrogens with one attached hydrogen (secondary N) is 1. The maximum Gasteiger partial charge on any atom is 0.235 e. The predicted molar refractivity (Wildman–Crippen MR) is 99.3 cm³/mol. The highest BCUT2D eigenvalue weighted by Gasteiger charge is 2.41. The van der Waals surface area contributed by atoms with Crippen molar-refractivity contribution in [3.63, 3.8) is 0 Å². The monoisotopic (exact) mass is 339 g/mol. The molecule has 0 bridgehead atoms. The van der Waals surface area contributed by atoms with Crippen molar-refractivity contribution in [3.05, 3.63) is 59.2 Å². The Bertz CT molecular complexity index is 746. The lowest BCUT2D eigenvalue weighted by molar-refractivity contribution is -0.125. The molecule has 3 rings (SSSR count). The molecule has 4 nitrogen and oxygen atoms in total. The number of anilines is 1. The van der Waals surface area contributed by atoms with E-state index < -0.39 is 5.41 Å². The fourth-order valence-electron chi connectivity index (χ4n) is 3.45. The number of amides is 1. The topological polar surface area (TPSA) is 47.6 Å². The van der Waals surface area contributed by atoms with Gasteiger partial charge in [-0.3, -0.25) is 4.79 Å². The minimum absolute atomic E-state index is 0.0317. The average Bonchev–Trinajstić information content (AvgIpc) is 2.63. The first kappa shape index (κ1) is 17.5. The molecule has 2 aromatic rings. The Morgan fingerprint density at radius 3 is 2.36 bits per heavy atom. The maximum atomic E-state index is 13.2. The molecule has 0 aromatic heterocycles. The first-order valence-electron chi connectivity index (χ1n) is 8.66. The molecule has 25 heavy (non-hydrogen) atoms. The largest absolute Gasteiger partial charge is 0.496 e. The summed E-state index contributed by atoms with van der Waals surface area (Å²) in [6, 6.07) is 14.0. The molecule has 0 atom stereocenters. The lowest BCUT2D eigenvalue weighted by Crippen LogP contribution is -2.44. The normalized spacial score (nSPS) is 16.3. The zero-order chi connectivity index (χ0) is 17.9. The molecule has 1 N–H and O–H groups in total. The second kappa shape index (κ2) is 7.28. The van der Waals surface area contributed by atoms with E-state index in [0.717, 1.165) is 22.6 Å². The van der Waals surface area contributed by atoms with Crippen molar-refractivity contribution in [2.24, 2.45) is 0 Å². The van der Waals surface area contributed by atoms with Gasteiger partial charge in [0.2, 0.25) is 5.91 Å². The molecule has 0 aliphatic carbocycles. The standard InChI is InChI=1S/C21H25NO3/c1-15-4-6-17(7-5-15)21(10-12-25-13-11-21)20(23)22-18-8-9-19(24-3)16(2)14-18/h4-9,14H,10-13H2,1-3H3,(H,22,23). The summed E-state index contributed by atoms with van der Waals surface area (Å²) in [4.78, 5) is 13.2. The van der Waals surface area contributed by atoms with Gasteiger partial charge in [-0.1, -0.05) is 29.8 Å². The van der Waals surface area contributed by atoms with Crippen LogP contribution in [0.5, 0.6) is 5.75 Å². The average molecular weight is 339 g/mol. The van der Waals surface area contributed by atoms with Crippen LogP contribution in [0, 0.1) is 13.8 Å². The first-order valence-corrected chi connectivity index (χ1v) is 8.66. The van der Waals surface area contributed by atoms with Crippen LogP contribution >= 0.6 is 0 Å². The Kier molecular flexibility index (Phi) is 5.09. The third kappa shape index (κ3) is 3.54. The van der Waals surface area contributed by atoms with Gasteiger partial charge in [-0.05, 0) is 56.0 Å². The summed E-state index contributed by atoms with van der Waals surface area (Å²) in [5, 5.41) is 3.11. The van der Waals surface area contributed by atoms with Crippen LogP contribution in [0.3, 0.4) is 0 Å². The van der Waals surface area contributed by atoms with E-state index in [-0.39, 0.29) is 5.91 Å². The smallest absolute Gasteiger partial charge is 0.235 e. The van der Waals surface area contributed by atoms with Crippen LogP contribution in [-0.2, 0) is 14.9 Å². The number of aryl methyl sites for hydroxylation is 2. The molecule has 0 saturated carbocycles. The van der Waals surface area contributed by atoms with Crippen molar-refractivity contribution < 1.29 is 14.3 Å². The Labute approximate surface area is 149 Å². The highest BCUT2D eigenvalue weighted by Crippen LogP contribution is 2.36. The van der Waals surface area contributed by atoms with Crippen LogP contribution in [-0.4, -0.2) is 26.2 Å². The van der Waals surface area contributed by atoms with Gasteiger partial charge in [0.15, 0.2) is 0 Å². The third-order valence-corrected chi connectivity index (χ3v) is 5.04. The molecular formula is C21H25NO3. The number of ether oxygens (including phenoxy) is 2.